The smallest absolute Gasteiger partial charge is 0.194 e. The molecule has 2 aliphatic carbocycles. The molecule has 1 heterocycles. The molecule has 1 aromatic heterocycles. The molecule has 0 radical (unpaired) electrons. The molecule has 2 aliphatic rings. The van der Waals surface area contributed by atoms with Gasteiger partial charge in [0.05, 0.1) is 24.4 Å². The minimum Gasteiger partial charge on any atom is -0.388 e. The fourth-order valence-corrected chi connectivity index (χ4v) is 5.02. The number of aryl methyl sites for hydroxylation is 2. The number of nitrogens with one attached hydrogen (secondary N) is 1. The Morgan fingerprint density at radius 3 is 2.65 bits per heavy atom. The highest BCUT2D eigenvalue weighted by atomic mass is 127. The van der Waals surface area contributed by atoms with E-state index in [1.54, 1.807) is 0 Å². The van der Waals surface area contributed by atoms with Crippen molar-refractivity contribution in [3.05, 3.63) is 15.6 Å². The summed E-state index contributed by atoms with van der Waals surface area (Å²) in [6.45, 7) is 4.19. The third-order valence-corrected chi connectivity index (χ3v) is 6.41. The fourth-order valence-electron chi connectivity index (χ4n) is 3.81. The minimum atomic E-state index is -0.611. The summed E-state index contributed by atoms with van der Waals surface area (Å²) < 4.78 is 0. The average Bonchev–Trinajstić information content (AvgIpc) is 3.01. The van der Waals surface area contributed by atoms with Crippen LogP contribution in [-0.4, -0.2) is 46.7 Å². The number of fused-ring (bicyclic) bond motifs is 1. The van der Waals surface area contributed by atoms with Crippen molar-refractivity contribution in [1.29, 1.82) is 0 Å². The van der Waals surface area contributed by atoms with Crippen LogP contribution in [0.2, 0.25) is 0 Å². The lowest BCUT2D eigenvalue weighted by atomic mass is 9.85. The van der Waals surface area contributed by atoms with E-state index in [4.69, 9.17) is 9.98 Å². The van der Waals surface area contributed by atoms with Gasteiger partial charge in [-0.2, -0.15) is 0 Å². The first-order chi connectivity index (χ1) is 12.1. The molecule has 0 spiro atoms. The summed E-state index contributed by atoms with van der Waals surface area (Å²) in [6.07, 6.45) is 10.1. The summed E-state index contributed by atoms with van der Waals surface area (Å²) in [6, 6.07) is 0. The molecule has 3 rings (SSSR count). The van der Waals surface area contributed by atoms with E-state index in [1.807, 2.05) is 11.3 Å². The molecule has 1 aromatic rings. The lowest BCUT2D eigenvalue weighted by Gasteiger charge is -2.31. The number of rotatable bonds is 5. The van der Waals surface area contributed by atoms with Gasteiger partial charge in [-0.15, -0.1) is 35.3 Å². The predicted octanol–water partition coefficient (Wildman–Crippen LogP) is 3.73. The van der Waals surface area contributed by atoms with Gasteiger partial charge in [0.15, 0.2) is 5.96 Å². The average molecular weight is 492 g/mol. The summed E-state index contributed by atoms with van der Waals surface area (Å²) in [7, 11) is 2.06. The molecule has 0 atom stereocenters. The highest BCUT2D eigenvalue weighted by Crippen LogP contribution is 2.29. The van der Waals surface area contributed by atoms with Crippen molar-refractivity contribution in [1.82, 2.24) is 15.2 Å². The van der Waals surface area contributed by atoms with E-state index in [9.17, 15) is 5.11 Å². The number of aliphatic hydroxyl groups is 1. The standard InChI is InChI=1S/C19H32N4OS.HI/c1-3-20-18(21-14-19(24)11-7-4-8-12-19)23(2)13-17-22-15-9-5-6-10-16(15)25-17;/h24H,3-14H2,1-2H3,(H,20,21);1H. The SMILES string of the molecule is CCNC(=NCC1(O)CCCCC1)N(C)Cc1nc2c(s1)CCCC2.I. The largest absolute Gasteiger partial charge is 0.388 e. The van der Waals surface area contributed by atoms with Crippen LogP contribution in [0, 0.1) is 0 Å². The van der Waals surface area contributed by atoms with E-state index >= 15 is 0 Å². The molecule has 7 heteroatoms. The Kier molecular flexibility index (Phi) is 8.60. The molecular formula is C19H33IN4OS. The number of hydrogen-bond donors (Lipinski definition) is 2. The Bertz CT molecular complexity index is 575. The van der Waals surface area contributed by atoms with Crippen LogP contribution in [0.5, 0.6) is 0 Å². The van der Waals surface area contributed by atoms with Gasteiger partial charge >= 0.3 is 0 Å². The van der Waals surface area contributed by atoms with E-state index in [0.717, 1.165) is 51.2 Å². The number of thiazole rings is 1. The van der Waals surface area contributed by atoms with Crippen molar-refractivity contribution in [3.8, 4) is 0 Å². The van der Waals surface area contributed by atoms with Crippen LogP contribution < -0.4 is 5.32 Å². The Labute approximate surface area is 178 Å². The third-order valence-electron chi connectivity index (χ3n) is 5.27. The van der Waals surface area contributed by atoms with E-state index < -0.39 is 5.60 Å². The molecule has 1 saturated carbocycles. The normalized spacial score (nSPS) is 19.4. The third kappa shape index (κ3) is 5.79. The summed E-state index contributed by atoms with van der Waals surface area (Å²) in [5.41, 5.74) is 0.707. The molecule has 26 heavy (non-hydrogen) atoms. The van der Waals surface area contributed by atoms with E-state index in [2.05, 4.69) is 24.2 Å². The Balaban J connectivity index is 0.00000243. The summed E-state index contributed by atoms with van der Waals surface area (Å²) in [5, 5.41) is 15.2. The zero-order valence-corrected chi connectivity index (χ0v) is 19.2. The maximum atomic E-state index is 10.7. The molecule has 0 amide bonds. The molecule has 0 aliphatic heterocycles. The van der Waals surface area contributed by atoms with E-state index in [0.29, 0.717) is 6.54 Å². The molecule has 2 N–H and O–H groups in total. The molecule has 148 valence electrons. The summed E-state index contributed by atoms with van der Waals surface area (Å²) >= 11 is 1.86. The van der Waals surface area contributed by atoms with Gasteiger partial charge in [0.1, 0.15) is 5.01 Å². The van der Waals surface area contributed by atoms with E-state index in [1.165, 1.54) is 41.3 Å². The van der Waals surface area contributed by atoms with Crippen molar-refractivity contribution in [2.24, 2.45) is 4.99 Å². The number of aliphatic imine (C=N–C) groups is 1. The summed E-state index contributed by atoms with van der Waals surface area (Å²) in [5.74, 6) is 0.870. The van der Waals surface area contributed by atoms with Crippen molar-refractivity contribution >= 4 is 41.3 Å². The Morgan fingerprint density at radius 1 is 1.23 bits per heavy atom. The van der Waals surface area contributed by atoms with Crippen LogP contribution in [0.3, 0.4) is 0 Å². The van der Waals surface area contributed by atoms with Gasteiger partial charge in [0, 0.05) is 18.5 Å². The van der Waals surface area contributed by atoms with Crippen molar-refractivity contribution in [3.63, 3.8) is 0 Å². The lowest BCUT2D eigenvalue weighted by Crippen LogP contribution is -2.41. The van der Waals surface area contributed by atoms with Gasteiger partial charge in [-0.3, -0.25) is 4.99 Å². The topological polar surface area (TPSA) is 60.8 Å². The zero-order chi connectivity index (χ0) is 17.7. The molecule has 0 saturated heterocycles. The molecule has 5 nitrogen and oxygen atoms in total. The molecule has 0 aromatic carbocycles. The first-order valence-corrected chi connectivity index (χ1v) is 10.6. The Hall–Kier alpha value is -0.410. The van der Waals surface area contributed by atoms with Gasteiger partial charge in [-0.25, -0.2) is 4.98 Å². The maximum absolute atomic E-state index is 10.7. The number of nitrogens with zero attached hydrogens (tertiary/aromatic N) is 3. The zero-order valence-electron chi connectivity index (χ0n) is 16.1. The second kappa shape index (κ2) is 10.2. The first-order valence-electron chi connectivity index (χ1n) is 9.79. The number of hydrogen-bond acceptors (Lipinski definition) is 4. The number of halogens is 1. The monoisotopic (exact) mass is 492 g/mol. The molecule has 0 unspecified atom stereocenters. The molecule has 1 fully saturated rings. The molecular weight excluding hydrogens is 459 g/mol. The fraction of sp³-hybridized carbons (Fsp3) is 0.789. The second-order valence-corrected chi connectivity index (χ2v) is 8.66. The Morgan fingerprint density at radius 2 is 1.96 bits per heavy atom. The van der Waals surface area contributed by atoms with Crippen LogP contribution in [0.1, 0.15) is 67.4 Å². The highest BCUT2D eigenvalue weighted by molar-refractivity contribution is 14.0. The van der Waals surface area contributed by atoms with Crippen molar-refractivity contribution in [2.75, 3.05) is 20.1 Å². The molecule has 0 bridgehead atoms. The van der Waals surface area contributed by atoms with Crippen LogP contribution in [0.25, 0.3) is 0 Å². The van der Waals surface area contributed by atoms with Crippen LogP contribution >= 0.6 is 35.3 Å². The second-order valence-electron chi connectivity index (χ2n) is 7.50. The van der Waals surface area contributed by atoms with Crippen LogP contribution in [0.4, 0.5) is 0 Å². The van der Waals surface area contributed by atoms with Gasteiger partial charge < -0.3 is 15.3 Å². The number of guanidine groups is 1. The van der Waals surface area contributed by atoms with Gasteiger partial charge in [-0.05, 0) is 45.4 Å². The van der Waals surface area contributed by atoms with Crippen molar-refractivity contribution < 1.29 is 5.11 Å². The predicted molar refractivity (Wildman–Crippen MR) is 120 cm³/mol. The van der Waals surface area contributed by atoms with Gasteiger partial charge in [-0.1, -0.05) is 19.3 Å². The van der Waals surface area contributed by atoms with Gasteiger partial charge in [0.25, 0.3) is 0 Å². The number of aromatic nitrogens is 1. The quantitative estimate of drug-likeness (QED) is 0.374. The first kappa shape index (κ1) is 21.9. The summed E-state index contributed by atoms with van der Waals surface area (Å²) in [4.78, 5) is 13.2. The lowest BCUT2D eigenvalue weighted by molar-refractivity contribution is 0.0130. The highest BCUT2D eigenvalue weighted by Gasteiger charge is 2.29. The van der Waals surface area contributed by atoms with Crippen LogP contribution in [-0.2, 0) is 19.4 Å². The van der Waals surface area contributed by atoms with Gasteiger partial charge in [0.2, 0.25) is 0 Å². The maximum Gasteiger partial charge on any atom is 0.194 e. The minimum absolute atomic E-state index is 0. The van der Waals surface area contributed by atoms with Crippen molar-refractivity contribution in [2.45, 2.75) is 76.9 Å². The van der Waals surface area contributed by atoms with E-state index in [-0.39, 0.29) is 24.0 Å². The van der Waals surface area contributed by atoms with Crippen LogP contribution in [0.15, 0.2) is 4.99 Å².